The first-order valence-electron chi connectivity index (χ1n) is 8.86. The molecule has 1 aliphatic heterocycles. The van der Waals surface area contributed by atoms with E-state index in [-0.39, 0.29) is 35.8 Å². The summed E-state index contributed by atoms with van der Waals surface area (Å²) in [5.41, 5.74) is 1.21. The molecule has 2 aromatic rings. The Morgan fingerprint density at radius 2 is 1.81 bits per heavy atom. The Morgan fingerprint density at radius 3 is 2.37 bits per heavy atom. The molecular weight excluding hydrogens is 369 g/mol. The average Bonchev–Trinajstić information content (AvgIpc) is 3.01. The lowest BCUT2D eigenvalue weighted by molar-refractivity contribution is 0.0681. The molecule has 1 aliphatic rings. The van der Waals surface area contributed by atoms with Gasteiger partial charge in [0.05, 0.1) is 18.1 Å². The lowest BCUT2D eigenvalue weighted by atomic mass is 10.1. The van der Waals surface area contributed by atoms with Gasteiger partial charge in [-0.2, -0.15) is 0 Å². The van der Waals surface area contributed by atoms with Gasteiger partial charge in [0.2, 0.25) is 0 Å². The SMILES string of the molecule is CCOc1ccc(C(=O)N(Cc2ccc(F)cc2)C2CCS(=O)(=O)C2)cc1. The molecule has 144 valence electrons. The highest BCUT2D eigenvalue weighted by Gasteiger charge is 2.35. The van der Waals surface area contributed by atoms with Gasteiger partial charge >= 0.3 is 0 Å². The Morgan fingerprint density at radius 1 is 1.15 bits per heavy atom. The molecule has 1 atom stereocenters. The fourth-order valence-electron chi connectivity index (χ4n) is 3.20. The molecule has 5 nitrogen and oxygen atoms in total. The van der Waals surface area contributed by atoms with E-state index in [4.69, 9.17) is 4.74 Å². The minimum Gasteiger partial charge on any atom is -0.494 e. The Bertz CT molecular complexity index is 895. The van der Waals surface area contributed by atoms with E-state index in [1.54, 1.807) is 41.3 Å². The summed E-state index contributed by atoms with van der Waals surface area (Å²) in [6.45, 7) is 2.64. The first kappa shape index (κ1) is 19.4. The number of carbonyl (C=O) groups is 1. The Kier molecular flexibility index (Phi) is 5.79. The summed E-state index contributed by atoms with van der Waals surface area (Å²) in [5, 5.41) is 0. The van der Waals surface area contributed by atoms with E-state index in [1.165, 1.54) is 12.1 Å². The molecule has 0 aromatic heterocycles. The van der Waals surface area contributed by atoms with Crippen LogP contribution in [0.15, 0.2) is 48.5 Å². The maximum absolute atomic E-state index is 13.2. The van der Waals surface area contributed by atoms with Crippen molar-refractivity contribution in [2.75, 3.05) is 18.1 Å². The Hall–Kier alpha value is -2.41. The quantitative estimate of drug-likeness (QED) is 0.759. The first-order chi connectivity index (χ1) is 12.9. The fourth-order valence-corrected chi connectivity index (χ4v) is 4.93. The topological polar surface area (TPSA) is 63.7 Å². The average molecular weight is 391 g/mol. The third kappa shape index (κ3) is 4.86. The fraction of sp³-hybridized carbons (Fsp3) is 0.350. The van der Waals surface area contributed by atoms with E-state index in [0.717, 1.165) is 5.56 Å². The van der Waals surface area contributed by atoms with Crippen molar-refractivity contribution in [1.29, 1.82) is 0 Å². The number of amides is 1. The molecule has 0 spiro atoms. The summed E-state index contributed by atoms with van der Waals surface area (Å²) in [4.78, 5) is 14.7. The summed E-state index contributed by atoms with van der Waals surface area (Å²) in [6.07, 6.45) is 0.409. The van der Waals surface area contributed by atoms with E-state index in [9.17, 15) is 17.6 Å². The zero-order valence-electron chi connectivity index (χ0n) is 15.1. The zero-order valence-corrected chi connectivity index (χ0v) is 15.9. The molecule has 0 N–H and O–H groups in total. The number of hydrogen-bond acceptors (Lipinski definition) is 4. The number of ether oxygens (including phenoxy) is 1. The van der Waals surface area contributed by atoms with E-state index in [2.05, 4.69) is 0 Å². The highest BCUT2D eigenvalue weighted by atomic mass is 32.2. The van der Waals surface area contributed by atoms with Gasteiger partial charge in [-0.1, -0.05) is 12.1 Å². The third-order valence-corrected chi connectivity index (χ3v) is 6.34. The number of rotatable bonds is 6. The highest BCUT2D eigenvalue weighted by molar-refractivity contribution is 7.91. The van der Waals surface area contributed by atoms with Crippen molar-refractivity contribution < 1.29 is 22.3 Å². The smallest absolute Gasteiger partial charge is 0.254 e. The van der Waals surface area contributed by atoms with Gasteiger partial charge in [-0.05, 0) is 55.3 Å². The summed E-state index contributed by atoms with van der Waals surface area (Å²) in [5.74, 6) is 0.101. The normalized spacial score (nSPS) is 18.2. The van der Waals surface area contributed by atoms with Gasteiger partial charge in [-0.25, -0.2) is 12.8 Å². The molecule has 1 heterocycles. The number of benzene rings is 2. The van der Waals surface area contributed by atoms with Crippen LogP contribution in [0.5, 0.6) is 5.75 Å². The van der Waals surface area contributed by atoms with Gasteiger partial charge in [0, 0.05) is 18.2 Å². The summed E-state index contributed by atoms with van der Waals surface area (Å²) < 4.78 is 42.4. The van der Waals surface area contributed by atoms with Gasteiger partial charge < -0.3 is 9.64 Å². The van der Waals surface area contributed by atoms with Crippen LogP contribution in [0.2, 0.25) is 0 Å². The molecule has 0 saturated carbocycles. The molecule has 1 fully saturated rings. The number of halogens is 1. The predicted octanol–water partition coefficient (Wildman–Crippen LogP) is 3.05. The summed E-state index contributed by atoms with van der Waals surface area (Å²) in [6, 6.07) is 12.3. The van der Waals surface area contributed by atoms with E-state index in [1.807, 2.05) is 6.92 Å². The monoisotopic (exact) mass is 391 g/mol. The standard InChI is InChI=1S/C20H22FNO4S/c1-2-26-19-9-5-16(6-10-19)20(23)22(18-11-12-27(24,25)14-18)13-15-3-7-17(21)8-4-15/h3-10,18H,2,11-14H2,1H3. The summed E-state index contributed by atoms with van der Waals surface area (Å²) in [7, 11) is -3.14. The van der Waals surface area contributed by atoms with Gasteiger partial charge in [0.15, 0.2) is 9.84 Å². The van der Waals surface area contributed by atoms with E-state index < -0.39 is 9.84 Å². The maximum Gasteiger partial charge on any atom is 0.254 e. The lowest BCUT2D eigenvalue weighted by Crippen LogP contribution is -2.40. The van der Waals surface area contributed by atoms with Crippen molar-refractivity contribution in [2.24, 2.45) is 0 Å². The summed E-state index contributed by atoms with van der Waals surface area (Å²) >= 11 is 0. The molecule has 2 aromatic carbocycles. The second kappa shape index (κ2) is 8.08. The van der Waals surface area contributed by atoms with Crippen LogP contribution in [0.3, 0.4) is 0 Å². The Balaban J connectivity index is 1.86. The Labute approximate surface area is 158 Å². The molecule has 3 rings (SSSR count). The molecular formula is C20H22FNO4S. The van der Waals surface area contributed by atoms with Crippen LogP contribution in [0.4, 0.5) is 4.39 Å². The lowest BCUT2D eigenvalue weighted by Gasteiger charge is -2.28. The molecule has 0 radical (unpaired) electrons. The molecule has 1 unspecified atom stereocenters. The molecule has 27 heavy (non-hydrogen) atoms. The molecule has 1 saturated heterocycles. The molecule has 1 amide bonds. The number of nitrogens with zero attached hydrogens (tertiary/aromatic N) is 1. The van der Waals surface area contributed by atoms with Crippen molar-refractivity contribution in [3.8, 4) is 5.75 Å². The van der Waals surface area contributed by atoms with Crippen molar-refractivity contribution in [2.45, 2.75) is 25.9 Å². The van der Waals surface area contributed by atoms with Crippen LogP contribution in [-0.4, -0.2) is 43.4 Å². The van der Waals surface area contributed by atoms with E-state index in [0.29, 0.717) is 24.3 Å². The zero-order chi connectivity index (χ0) is 19.4. The number of hydrogen-bond donors (Lipinski definition) is 0. The minimum absolute atomic E-state index is 0.0447. The first-order valence-corrected chi connectivity index (χ1v) is 10.7. The third-order valence-electron chi connectivity index (χ3n) is 4.59. The van der Waals surface area contributed by atoms with E-state index >= 15 is 0 Å². The van der Waals surface area contributed by atoms with Crippen molar-refractivity contribution in [3.63, 3.8) is 0 Å². The molecule has 7 heteroatoms. The highest BCUT2D eigenvalue weighted by Crippen LogP contribution is 2.23. The van der Waals surface area contributed by atoms with Gasteiger partial charge in [-0.15, -0.1) is 0 Å². The second-order valence-corrected chi connectivity index (χ2v) is 8.80. The number of sulfone groups is 1. The second-order valence-electron chi connectivity index (χ2n) is 6.57. The van der Waals surface area contributed by atoms with Crippen LogP contribution >= 0.6 is 0 Å². The minimum atomic E-state index is -3.14. The van der Waals surface area contributed by atoms with Crippen LogP contribution in [0, 0.1) is 5.82 Å². The largest absolute Gasteiger partial charge is 0.494 e. The van der Waals surface area contributed by atoms with Gasteiger partial charge in [-0.3, -0.25) is 4.79 Å². The predicted molar refractivity (Wildman–Crippen MR) is 101 cm³/mol. The van der Waals surface area contributed by atoms with Gasteiger partial charge in [0.1, 0.15) is 11.6 Å². The van der Waals surface area contributed by atoms with Crippen LogP contribution in [0.25, 0.3) is 0 Å². The van der Waals surface area contributed by atoms with Crippen LogP contribution < -0.4 is 4.74 Å². The van der Waals surface area contributed by atoms with Gasteiger partial charge in [0.25, 0.3) is 5.91 Å². The van der Waals surface area contributed by atoms with Crippen molar-refractivity contribution >= 4 is 15.7 Å². The number of carbonyl (C=O) groups excluding carboxylic acids is 1. The van der Waals surface area contributed by atoms with Crippen LogP contribution in [0.1, 0.15) is 29.3 Å². The maximum atomic E-state index is 13.2. The molecule has 0 aliphatic carbocycles. The van der Waals surface area contributed by atoms with Crippen LogP contribution in [-0.2, 0) is 16.4 Å². The van der Waals surface area contributed by atoms with Crippen molar-refractivity contribution in [3.05, 3.63) is 65.5 Å². The van der Waals surface area contributed by atoms with Crippen molar-refractivity contribution in [1.82, 2.24) is 4.90 Å². The molecule has 0 bridgehead atoms.